The molecule has 2 amide bonds. The first-order valence-electron chi connectivity index (χ1n) is 3.87. The van der Waals surface area contributed by atoms with Crippen molar-refractivity contribution in [3.8, 4) is 0 Å². The van der Waals surface area contributed by atoms with Gasteiger partial charge in [-0.1, -0.05) is 6.92 Å². The van der Waals surface area contributed by atoms with Crippen LogP contribution in [0.1, 0.15) is 13.3 Å². The minimum atomic E-state index is -0.580. The number of nitrogens with zero attached hydrogens (tertiary/aromatic N) is 1. The third-order valence-corrected chi connectivity index (χ3v) is 1.78. The van der Waals surface area contributed by atoms with Crippen LogP contribution in [0.15, 0.2) is 0 Å². The third kappa shape index (κ3) is 2.86. The molecule has 5 nitrogen and oxygen atoms in total. The molecule has 0 saturated carbocycles. The Kier molecular flexibility index (Phi) is 4.72. The maximum absolute atomic E-state index is 11.0. The number of halogens is 1. The Morgan fingerprint density at radius 2 is 2.23 bits per heavy atom. The molecule has 1 fully saturated rings. The maximum atomic E-state index is 11.0. The predicted octanol–water partition coefficient (Wildman–Crippen LogP) is 0.124. The van der Waals surface area contributed by atoms with E-state index in [0.29, 0.717) is 0 Å². The molecule has 0 aromatic carbocycles. The number of hydrogen-bond acceptors (Lipinski definition) is 4. The predicted molar refractivity (Wildman–Crippen MR) is 48.6 cm³/mol. The van der Waals surface area contributed by atoms with E-state index in [1.165, 1.54) is 0 Å². The van der Waals surface area contributed by atoms with Crippen LogP contribution in [0.3, 0.4) is 0 Å². The SMILES string of the molecule is CCC(N)CN1C(=O)COC1=O.Cl. The highest BCUT2D eigenvalue weighted by Crippen LogP contribution is 2.05. The van der Waals surface area contributed by atoms with Gasteiger partial charge in [0, 0.05) is 12.6 Å². The lowest BCUT2D eigenvalue weighted by Gasteiger charge is -2.14. The summed E-state index contributed by atoms with van der Waals surface area (Å²) in [7, 11) is 0. The number of carbonyl (C=O) groups excluding carboxylic acids is 2. The van der Waals surface area contributed by atoms with Crippen molar-refractivity contribution in [2.45, 2.75) is 19.4 Å². The van der Waals surface area contributed by atoms with Crippen molar-refractivity contribution in [2.24, 2.45) is 5.73 Å². The summed E-state index contributed by atoms with van der Waals surface area (Å²) in [6.07, 6.45) is 0.153. The van der Waals surface area contributed by atoms with Crippen LogP contribution in [-0.4, -0.2) is 36.1 Å². The van der Waals surface area contributed by atoms with E-state index >= 15 is 0 Å². The molecule has 0 radical (unpaired) electrons. The second kappa shape index (κ2) is 5.04. The second-order valence-electron chi connectivity index (χ2n) is 2.73. The van der Waals surface area contributed by atoms with Crippen molar-refractivity contribution >= 4 is 24.4 Å². The number of ether oxygens (including phenoxy) is 1. The fourth-order valence-electron chi connectivity index (χ4n) is 0.921. The van der Waals surface area contributed by atoms with Gasteiger partial charge in [-0.15, -0.1) is 12.4 Å². The van der Waals surface area contributed by atoms with Gasteiger partial charge < -0.3 is 10.5 Å². The molecule has 0 aromatic heterocycles. The van der Waals surface area contributed by atoms with E-state index < -0.39 is 6.09 Å². The molecule has 1 aliphatic rings. The van der Waals surface area contributed by atoms with Gasteiger partial charge in [-0.3, -0.25) is 4.79 Å². The molecule has 1 aliphatic heterocycles. The first-order chi connectivity index (χ1) is 5.65. The highest BCUT2D eigenvalue weighted by atomic mass is 35.5. The minimum absolute atomic E-state index is 0. The van der Waals surface area contributed by atoms with Gasteiger partial charge in [0.15, 0.2) is 6.61 Å². The number of amides is 2. The summed E-state index contributed by atoms with van der Waals surface area (Å²) in [5.74, 6) is -0.302. The zero-order valence-corrected chi connectivity index (χ0v) is 8.17. The van der Waals surface area contributed by atoms with Gasteiger partial charge in [-0.2, -0.15) is 0 Å². The van der Waals surface area contributed by atoms with Crippen LogP contribution in [0, 0.1) is 0 Å². The van der Waals surface area contributed by atoms with Crippen molar-refractivity contribution in [1.82, 2.24) is 4.90 Å². The lowest BCUT2D eigenvalue weighted by molar-refractivity contribution is -0.126. The Balaban J connectivity index is 0.00000144. The number of rotatable bonds is 3. The first kappa shape index (κ1) is 12.2. The molecule has 1 saturated heterocycles. The minimum Gasteiger partial charge on any atom is -0.439 e. The van der Waals surface area contributed by atoms with E-state index in [9.17, 15) is 9.59 Å². The lowest BCUT2D eigenvalue weighted by Crippen LogP contribution is -2.40. The van der Waals surface area contributed by atoms with Gasteiger partial charge in [0.05, 0.1) is 0 Å². The van der Waals surface area contributed by atoms with E-state index in [0.717, 1.165) is 11.3 Å². The molecular formula is C7H13ClN2O3. The Morgan fingerprint density at radius 3 is 2.62 bits per heavy atom. The normalized spacial score (nSPS) is 18.2. The summed E-state index contributed by atoms with van der Waals surface area (Å²) in [4.78, 5) is 22.9. The fourth-order valence-corrected chi connectivity index (χ4v) is 0.921. The Morgan fingerprint density at radius 1 is 1.62 bits per heavy atom. The number of hydrogen-bond donors (Lipinski definition) is 1. The molecule has 76 valence electrons. The van der Waals surface area contributed by atoms with Crippen LogP contribution < -0.4 is 5.73 Å². The molecule has 1 heterocycles. The van der Waals surface area contributed by atoms with Crippen LogP contribution >= 0.6 is 12.4 Å². The quantitative estimate of drug-likeness (QED) is 0.715. The summed E-state index contributed by atoms with van der Waals surface area (Å²) in [6, 6.07) is -0.153. The van der Waals surface area contributed by atoms with Crippen LogP contribution in [0.5, 0.6) is 0 Å². The molecule has 13 heavy (non-hydrogen) atoms. The van der Waals surface area contributed by atoms with Crippen LogP contribution in [0.4, 0.5) is 4.79 Å². The summed E-state index contributed by atoms with van der Waals surface area (Å²) in [5, 5.41) is 0. The van der Waals surface area contributed by atoms with Crippen molar-refractivity contribution in [3.63, 3.8) is 0 Å². The number of imide groups is 1. The van der Waals surface area contributed by atoms with Gasteiger partial charge in [-0.25, -0.2) is 9.69 Å². The third-order valence-electron chi connectivity index (χ3n) is 1.78. The number of cyclic esters (lactones) is 1. The summed E-state index contributed by atoms with van der Waals surface area (Å²) >= 11 is 0. The monoisotopic (exact) mass is 208 g/mol. The van der Waals surface area contributed by atoms with Gasteiger partial charge in [0.25, 0.3) is 5.91 Å². The molecule has 0 spiro atoms. The Labute approximate surface area is 82.6 Å². The van der Waals surface area contributed by atoms with Crippen molar-refractivity contribution in [1.29, 1.82) is 0 Å². The average Bonchev–Trinajstić information content (AvgIpc) is 2.35. The van der Waals surface area contributed by atoms with E-state index in [4.69, 9.17) is 5.73 Å². The van der Waals surface area contributed by atoms with E-state index in [2.05, 4.69) is 4.74 Å². The van der Waals surface area contributed by atoms with E-state index in [-0.39, 0.29) is 37.5 Å². The van der Waals surface area contributed by atoms with Gasteiger partial charge >= 0.3 is 6.09 Å². The van der Waals surface area contributed by atoms with Gasteiger partial charge in [-0.05, 0) is 6.42 Å². The van der Waals surface area contributed by atoms with Crippen molar-refractivity contribution in [3.05, 3.63) is 0 Å². The molecule has 0 aliphatic carbocycles. The maximum Gasteiger partial charge on any atom is 0.417 e. The molecule has 0 bridgehead atoms. The van der Waals surface area contributed by atoms with E-state index in [1.54, 1.807) is 0 Å². The van der Waals surface area contributed by atoms with E-state index in [1.807, 2.05) is 6.92 Å². The highest BCUT2D eigenvalue weighted by molar-refractivity contribution is 5.97. The molecular weight excluding hydrogens is 196 g/mol. The topological polar surface area (TPSA) is 72.6 Å². The molecule has 2 N–H and O–H groups in total. The Bertz CT molecular complexity index is 194. The number of nitrogens with two attached hydrogens (primary N) is 1. The van der Waals surface area contributed by atoms with Gasteiger partial charge in [0.2, 0.25) is 0 Å². The zero-order chi connectivity index (χ0) is 9.14. The molecule has 6 heteroatoms. The largest absolute Gasteiger partial charge is 0.439 e. The smallest absolute Gasteiger partial charge is 0.417 e. The molecule has 1 rings (SSSR count). The standard InChI is InChI=1S/C7H12N2O3.ClH/c1-2-5(8)3-9-6(10)4-12-7(9)11;/h5H,2-4,8H2,1H3;1H. The zero-order valence-electron chi connectivity index (χ0n) is 7.36. The van der Waals surface area contributed by atoms with Crippen LogP contribution in [0.2, 0.25) is 0 Å². The Hall–Kier alpha value is -0.810. The first-order valence-corrected chi connectivity index (χ1v) is 3.87. The second-order valence-corrected chi connectivity index (χ2v) is 2.73. The van der Waals surface area contributed by atoms with Gasteiger partial charge in [0.1, 0.15) is 0 Å². The summed E-state index contributed by atoms with van der Waals surface area (Å²) < 4.78 is 4.51. The summed E-state index contributed by atoms with van der Waals surface area (Å²) in [5.41, 5.74) is 5.58. The highest BCUT2D eigenvalue weighted by Gasteiger charge is 2.31. The van der Waals surface area contributed by atoms with Crippen molar-refractivity contribution in [2.75, 3.05) is 13.2 Å². The van der Waals surface area contributed by atoms with Crippen molar-refractivity contribution < 1.29 is 14.3 Å². The number of carbonyl (C=O) groups is 2. The fraction of sp³-hybridized carbons (Fsp3) is 0.714. The molecule has 1 unspecified atom stereocenters. The average molecular weight is 209 g/mol. The molecule has 1 atom stereocenters. The lowest BCUT2D eigenvalue weighted by atomic mass is 10.2. The van der Waals surface area contributed by atoms with Crippen LogP contribution in [0.25, 0.3) is 0 Å². The summed E-state index contributed by atoms with van der Waals surface area (Å²) in [6.45, 7) is 2.01. The van der Waals surface area contributed by atoms with Crippen LogP contribution in [-0.2, 0) is 9.53 Å². The molecule has 0 aromatic rings.